The summed E-state index contributed by atoms with van der Waals surface area (Å²) < 4.78 is 17.2. The number of carbonyl (C=O) groups excluding carboxylic acids is 3. The standard InChI is InChI=1S/C51H91NO7/c1-6-8-10-12-14-16-18-20-22-24-25-26-28-30-32-34-36-38-40-42-50(54)59-47(45-57-44-43-48(51(55)56)52(3,4)5)46-58-49(53)41-39-37-35-33-31-29-27-23-21-19-17-15-13-11-9-7-2/h14,16,18,20,23,27,29,31,47-48H,6-13,15,17,19,21-22,24-26,28,30,32-46H2,1-5H3/b16-14+,20-18+,27-23+,31-29+. The molecule has 0 aromatic heterocycles. The molecule has 0 spiro atoms. The molecule has 0 aliphatic carbocycles. The highest BCUT2D eigenvalue weighted by atomic mass is 16.6. The summed E-state index contributed by atoms with van der Waals surface area (Å²) in [6.45, 7) is 4.61. The van der Waals surface area contributed by atoms with E-state index in [0.717, 1.165) is 51.4 Å². The summed E-state index contributed by atoms with van der Waals surface area (Å²) in [5, 5.41) is 11.6. The van der Waals surface area contributed by atoms with E-state index in [4.69, 9.17) is 14.2 Å². The normalized spacial score (nSPS) is 13.3. The summed E-state index contributed by atoms with van der Waals surface area (Å²) >= 11 is 0. The third-order valence-corrected chi connectivity index (χ3v) is 10.7. The quantitative estimate of drug-likeness (QED) is 0.0261. The molecule has 0 rings (SSSR count). The molecule has 0 N–H and O–H groups in total. The molecule has 0 aromatic carbocycles. The number of carboxylic acids is 1. The molecule has 0 saturated carbocycles. The highest BCUT2D eigenvalue weighted by molar-refractivity contribution is 5.70. The van der Waals surface area contributed by atoms with Gasteiger partial charge in [-0.2, -0.15) is 0 Å². The van der Waals surface area contributed by atoms with Crippen molar-refractivity contribution in [2.75, 3.05) is 41.0 Å². The number of carboxylic acid groups (broad SMARTS) is 1. The highest BCUT2D eigenvalue weighted by Crippen LogP contribution is 2.14. The molecule has 0 radical (unpaired) electrons. The molecule has 8 nitrogen and oxygen atoms in total. The molecule has 2 atom stereocenters. The van der Waals surface area contributed by atoms with Crippen molar-refractivity contribution in [3.63, 3.8) is 0 Å². The maximum Gasteiger partial charge on any atom is 0.306 e. The second-order valence-corrected chi connectivity index (χ2v) is 17.4. The van der Waals surface area contributed by atoms with Crippen LogP contribution in [-0.2, 0) is 28.6 Å². The number of rotatable bonds is 43. The van der Waals surface area contributed by atoms with E-state index in [9.17, 15) is 19.5 Å². The van der Waals surface area contributed by atoms with E-state index >= 15 is 0 Å². The first-order chi connectivity index (χ1) is 28.6. The van der Waals surface area contributed by atoms with Crippen LogP contribution in [-0.4, -0.2) is 75.5 Å². The molecule has 0 saturated heterocycles. The van der Waals surface area contributed by atoms with E-state index in [1.54, 1.807) is 21.1 Å². The Balaban J connectivity index is 4.33. The number of allylic oxidation sites excluding steroid dienone is 8. The van der Waals surface area contributed by atoms with E-state index in [2.05, 4.69) is 62.5 Å². The molecule has 0 aliphatic heterocycles. The van der Waals surface area contributed by atoms with E-state index in [-0.39, 0.29) is 42.7 Å². The molecule has 8 heteroatoms. The van der Waals surface area contributed by atoms with E-state index in [0.29, 0.717) is 12.8 Å². The maximum atomic E-state index is 12.8. The summed E-state index contributed by atoms with van der Waals surface area (Å²) in [6, 6.07) is -0.731. The first kappa shape index (κ1) is 56.3. The fourth-order valence-electron chi connectivity index (χ4n) is 6.93. The van der Waals surface area contributed by atoms with E-state index < -0.39 is 18.1 Å². The molecular formula is C51H91NO7. The number of carbonyl (C=O) groups is 3. The van der Waals surface area contributed by atoms with Gasteiger partial charge in [-0.25, -0.2) is 0 Å². The van der Waals surface area contributed by atoms with Gasteiger partial charge in [-0.15, -0.1) is 0 Å². The minimum Gasteiger partial charge on any atom is -0.544 e. The lowest BCUT2D eigenvalue weighted by Crippen LogP contribution is -2.55. The third-order valence-electron chi connectivity index (χ3n) is 10.7. The minimum atomic E-state index is -1.13. The average molecular weight is 830 g/mol. The number of hydrogen-bond acceptors (Lipinski definition) is 7. The fourth-order valence-corrected chi connectivity index (χ4v) is 6.93. The van der Waals surface area contributed by atoms with Gasteiger partial charge in [-0.05, 0) is 64.2 Å². The molecule has 0 aliphatic rings. The molecule has 342 valence electrons. The molecular weight excluding hydrogens is 739 g/mol. The van der Waals surface area contributed by atoms with Crippen LogP contribution in [0.15, 0.2) is 48.6 Å². The van der Waals surface area contributed by atoms with Gasteiger partial charge in [0.1, 0.15) is 12.6 Å². The zero-order chi connectivity index (χ0) is 43.5. The fraction of sp³-hybridized carbons (Fsp3) is 0.784. The van der Waals surface area contributed by atoms with E-state index in [1.807, 2.05) is 0 Å². The average Bonchev–Trinajstić information content (AvgIpc) is 3.19. The van der Waals surface area contributed by atoms with Crippen LogP contribution in [0.5, 0.6) is 0 Å². The second-order valence-electron chi connectivity index (χ2n) is 17.4. The Hall–Kier alpha value is -2.71. The summed E-state index contributed by atoms with van der Waals surface area (Å²) in [5.41, 5.74) is 0. The number of unbranched alkanes of at least 4 members (excludes halogenated alkanes) is 23. The van der Waals surface area contributed by atoms with Gasteiger partial charge in [0.2, 0.25) is 0 Å². The predicted octanol–water partition coefficient (Wildman–Crippen LogP) is 12.3. The van der Waals surface area contributed by atoms with Crippen molar-refractivity contribution < 1.29 is 38.2 Å². The van der Waals surface area contributed by atoms with Gasteiger partial charge in [0.05, 0.1) is 40.3 Å². The molecule has 0 fully saturated rings. The second kappa shape index (κ2) is 42.0. The van der Waals surface area contributed by atoms with Crippen LogP contribution < -0.4 is 5.11 Å². The van der Waals surface area contributed by atoms with Crippen LogP contribution in [0, 0.1) is 0 Å². The lowest BCUT2D eigenvalue weighted by molar-refractivity contribution is -0.889. The molecule has 0 bridgehead atoms. The monoisotopic (exact) mass is 830 g/mol. The molecule has 0 aromatic rings. The molecule has 0 amide bonds. The summed E-state index contributed by atoms with van der Waals surface area (Å²) in [4.78, 5) is 36.9. The molecule has 59 heavy (non-hydrogen) atoms. The van der Waals surface area contributed by atoms with Crippen LogP contribution in [0.3, 0.4) is 0 Å². The topological polar surface area (TPSA) is 102 Å². The summed E-state index contributed by atoms with van der Waals surface area (Å²) in [6.07, 6.45) is 49.9. The first-order valence-electron chi connectivity index (χ1n) is 24.2. The van der Waals surface area contributed by atoms with Crippen molar-refractivity contribution in [1.82, 2.24) is 0 Å². The zero-order valence-corrected chi connectivity index (χ0v) is 38.9. The number of hydrogen-bond donors (Lipinski definition) is 0. The summed E-state index contributed by atoms with van der Waals surface area (Å²) in [5.74, 6) is -1.77. The van der Waals surface area contributed by atoms with Gasteiger partial charge in [0.25, 0.3) is 0 Å². The van der Waals surface area contributed by atoms with Crippen LogP contribution in [0.4, 0.5) is 0 Å². The van der Waals surface area contributed by atoms with Crippen molar-refractivity contribution in [2.45, 2.75) is 219 Å². The Morgan fingerprint density at radius 1 is 0.508 bits per heavy atom. The van der Waals surface area contributed by atoms with Crippen LogP contribution in [0.2, 0.25) is 0 Å². The maximum absolute atomic E-state index is 12.8. The van der Waals surface area contributed by atoms with Gasteiger partial charge >= 0.3 is 11.9 Å². The summed E-state index contributed by atoms with van der Waals surface area (Å²) in [7, 11) is 5.40. The third kappa shape index (κ3) is 40.5. The number of quaternary nitrogens is 1. The SMILES string of the molecule is CCCCC/C=C/C=C/CCCCCCCCCCCCC(=O)OC(COCCC(C(=O)[O-])[N+](C)(C)C)COC(=O)CCCCC/C=C/C=C/CCCCCCCCC. The van der Waals surface area contributed by atoms with Crippen molar-refractivity contribution in [3.8, 4) is 0 Å². The number of aliphatic carboxylic acids is 1. The number of nitrogens with zero attached hydrogens (tertiary/aromatic N) is 1. The minimum absolute atomic E-state index is 0.0308. The van der Waals surface area contributed by atoms with Gasteiger partial charge in [-0.1, -0.05) is 172 Å². The van der Waals surface area contributed by atoms with Crippen molar-refractivity contribution in [2.24, 2.45) is 0 Å². The van der Waals surface area contributed by atoms with Gasteiger partial charge in [0, 0.05) is 19.3 Å². The Morgan fingerprint density at radius 2 is 0.881 bits per heavy atom. The Morgan fingerprint density at radius 3 is 1.32 bits per heavy atom. The lowest BCUT2D eigenvalue weighted by Gasteiger charge is -2.34. The van der Waals surface area contributed by atoms with Crippen LogP contribution in [0.1, 0.15) is 206 Å². The lowest BCUT2D eigenvalue weighted by atomic mass is 10.1. The number of esters is 2. The first-order valence-corrected chi connectivity index (χ1v) is 24.2. The van der Waals surface area contributed by atoms with E-state index in [1.165, 1.54) is 122 Å². The van der Waals surface area contributed by atoms with Crippen LogP contribution >= 0.6 is 0 Å². The van der Waals surface area contributed by atoms with Crippen molar-refractivity contribution in [1.29, 1.82) is 0 Å². The Labute approximate surface area is 363 Å². The highest BCUT2D eigenvalue weighted by Gasteiger charge is 2.25. The predicted molar refractivity (Wildman–Crippen MR) is 245 cm³/mol. The Kier molecular flexibility index (Phi) is 40.1. The number of likely N-dealkylation sites (N-methyl/N-ethyl adjacent to an activating group) is 1. The van der Waals surface area contributed by atoms with Gasteiger partial charge < -0.3 is 28.6 Å². The smallest absolute Gasteiger partial charge is 0.306 e. The molecule has 0 heterocycles. The Bertz CT molecular complexity index is 1110. The van der Waals surface area contributed by atoms with Crippen molar-refractivity contribution >= 4 is 17.9 Å². The number of ether oxygens (including phenoxy) is 3. The van der Waals surface area contributed by atoms with Gasteiger partial charge in [0.15, 0.2) is 6.10 Å². The molecule has 2 unspecified atom stereocenters. The zero-order valence-electron chi connectivity index (χ0n) is 38.9. The van der Waals surface area contributed by atoms with Crippen LogP contribution in [0.25, 0.3) is 0 Å². The largest absolute Gasteiger partial charge is 0.544 e. The van der Waals surface area contributed by atoms with Gasteiger partial charge in [-0.3, -0.25) is 9.59 Å². The van der Waals surface area contributed by atoms with Crippen molar-refractivity contribution in [3.05, 3.63) is 48.6 Å².